The maximum atomic E-state index is 5.45. The molecule has 7 heteroatoms. The summed E-state index contributed by atoms with van der Waals surface area (Å²) in [5.74, 6) is 1.84. The topological polar surface area (TPSA) is 75.2 Å². The van der Waals surface area contributed by atoms with Gasteiger partial charge in [-0.2, -0.15) is 15.0 Å². The molecule has 0 bridgehead atoms. The summed E-state index contributed by atoms with van der Waals surface area (Å²) in [6.07, 6.45) is 1.98. The first-order valence-electron chi connectivity index (χ1n) is 7.05. The van der Waals surface area contributed by atoms with Crippen LogP contribution < -0.4 is 15.5 Å². The molecule has 1 aliphatic rings. The lowest BCUT2D eigenvalue weighted by atomic mass is 10.0. The molecule has 1 aliphatic heterocycles. The van der Waals surface area contributed by atoms with Crippen molar-refractivity contribution in [3.63, 3.8) is 0 Å². The zero-order valence-electron chi connectivity index (χ0n) is 12.7. The van der Waals surface area contributed by atoms with Crippen LogP contribution in [0.5, 0.6) is 0 Å². The van der Waals surface area contributed by atoms with Gasteiger partial charge in [-0.15, -0.1) is 0 Å². The highest BCUT2D eigenvalue weighted by atomic mass is 16.5. The van der Waals surface area contributed by atoms with Crippen LogP contribution in [0, 0.1) is 0 Å². The number of rotatable bonds is 6. The Balaban J connectivity index is 2.19. The van der Waals surface area contributed by atoms with Crippen LogP contribution in [-0.2, 0) is 4.74 Å². The average Bonchev–Trinajstić information content (AvgIpc) is 2.82. The molecule has 2 heterocycles. The molecule has 0 radical (unpaired) electrons. The van der Waals surface area contributed by atoms with Crippen molar-refractivity contribution >= 4 is 17.8 Å². The first kappa shape index (κ1) is 14.8. The summed E-state index contributed by atoms with van der Waals surface area (Å²) in [5.41, 5.74) is -0.104. The number of ether oxygens (including phenoxy) is 1. The molecular weight excluding hydrogens is 256 g/mol. The highest BCUT2D eigenvalue weighted by Crippen LogP contribution is 2.23. The van der Waals surface area contributed by atoms with E-state index in [0.717, 1.165) is 26.0 Å². The molecule has 1 aromatic rings. The molecule has 1 unspecified atom stereocenters. The second-order valence-electron chi connectivity index (χ2n) is 5.59. The Morgan fingerprint density at radius 1 is 1.25 bits per heavy atom. The largest absolute Gasteiger partial charge is 0.379 e. The van der Waals surface area contributed by atoms with E-state index in [0.29, 0.717) is 24.5 Å². The summed E-state index contributed by atoms with van der Waals surface area (Å²) < 4.78 is 5.45. The molecule has 2 N–H and O–H groups in total. The first-order valence-corrected chi connectivity index (χ1v) is 7.05. The van der Waals surface area contributed by atoms with Crippen molar-refractivity contribution in [1.82, 2.24) is 15.0 Å². The molecule has 0 aromatic carbocycles. The minimum atomic E-state index is -0.104. The van der Waals surface area contributed by atoms with Crippen LogP contribution in [0.1, 0.15) is 26.7 Å². The van der Waals surface area contributed by atoms with E-state index >= 15 is 0 Å². The summed E-state index contributed by atoms with van der Waals surface area (Å²) in [5, 5.41) is 6.58. The van der Waals surface area contributed by atoms with Gasteiger partial charge in [0, 0.05) is 27.2 Å². The molecule has 0 spiro atoms. The minimum absolute atomic E-state index is 0.104. The lowest BCUT2D eigenvalue weighted by Gasteiger charge is -2.24. The van der Waals surface area contributed by atoms with Crippen molar-refractivity contribution in [2.45, 2.75) is 32.2 Å². The van der Waals surface area contributed by atoms with Crippen LogP contribution in [0.25, 0.3) is 0 Å². The Kier molecular flexibility index (Phi) is 4.59. The molecule has 2 rings (SSSR count). The Bertz CT molecular complexity index is 444. The summed E-state index contributed by atoms with van der Waals surface area (Å²) in [6, 6.07) is 0. The van der Waals surface area contributed by atoms with Crippen LogP contribution in [0.3, 0.4) is 0 Å². The van der Waals surface area contributed by atoms with E-state index < -0.39 is 0 Å². The zero-order valence-corrected chi connectivity index (χ0v) is 12.7. The lowest BCUT2D eigenvalue weighted by molar-refractivity contribution is 0.185. The van der Waals surface area contributed by atoms with Crippen LogP contribution >= 0.6 is 0 Å². The van der Waals surface area contributed by atoms with E-state index in [1.165, 1.54) is 0 Å². The molecule has 0 amide bonds. The van der Waals surface area contributed by atoms with Gasteiger partial charge in [-0.05, 0) is 19.8 Å². The Morgan fingerprint density at radius 3 is 2.60 bits per heavy atom. The van der Waals surface area contributed by atoms with Gasteiger partial charge in [-0.1, -0.05) is 6.92 Å². The smallest absolute Gasteiger partial charge is 0.231 e. The number of nitrogens with one attached hydrogen (secondary N) is 2. The fraction of sp³-hybridized carbons (Fsp3) is 0.769. The molecule has 1 fully saturated rings. The highest BCUT2D eigenvalue weighted by Gasteiger charge is 2.30. The van der Waals surface area contributed by atoms with Crippen molar-refractivity contribution in [1.29, 1.82) is 0 Å². The number of aromatic nitrogens is 3. The quantitative estimate of drug-likeness (QED) is 0.814. The third-order valence-corrected chi connectivity index (χ3v) is 3.19. The van der Waals surface area contributed by atoms with Gasteiger partial charge >= 0.3 is 0 Å². The predicted octanol–water partition coefficient (Wildman–Crippen LogP) is 1.35. The van der Waals surface area contributed by atoms with E-state index in [9.17, 15) is 0 Å². The van der Waals surface area contributed by atoms with Gasteiger partial charge in [-0.3, -0.25) is 0 Å². The van der Waals surface area contributed by atoms with Crippen molar-refractivity contribution in [2.24, 2.45) is 0 Å². The van der Waals surface area contributed by atoms with E-state index in [-0.39, 0.29) is 5.54 Å². The number of anilines is 3. The Labute approximate surface area is 120 Å². The van der Waals surface area contributed by atoms with Gasteiger partial charge in [0.1, 0.15) is 0 Å². The van der Waals surface area contributed by atoms with Gasteiger partial charge in [0.05, 0.1) is 12.1 Å². The van der Waals surface area contributed by atoms with E-state index in [1.54, 1.807) is 0 Å². The van der Waals surface area contributed by atoms with E-state index in [1.807, 2.05) is 19.0 Å². The van der Waals surface area contributed by atoms with Gasteiger partial charge < -0.3 is 20.3 Å². The third-order valence-electron chi connectivity index (χ3n) is 3.19. The summed E-state index contributed by atoms with van der Waals surface area (Å²) in [4.78, 5) is 15.1. The molecule has 7 nitrogen and oxygen atoms in total. The fourth-order valence-electron chi connectivity index (χ4n) is 1.97. The molecular formula is C13H24N6O. The average molecular weight is 280 g/mol. The van der Waals surface area contributed by atoms with Gasteiger partial charge in [0.15, 0.2) is 0 Å². The van der Waals surface area contributed by atoms with E-state index in [4.69, 9.17) is 4.74 Å². The Morgan fingerprint density at radius 2 is 2.00 bits per heavy atom. The standard InChI is InChI=1S/C13H24N6O/c1-5-7-14-10-15-11(17-12(16-10)19(3)4)18-13(2)6-8-20-9-13/h5-9H2,1-4H3,(H2,14,15,16,17,18). The number of hydrogen-bond acceptors (Lipinski definition) is 7. The van der Waals surface area contributed by atoms with Crippen molar-refractivity contribution in [3.8, 4) is 0 Å². The van der Waals surface area contributed by atoms with E-state index in [2.05, 4.69) is 39.4 Å². The fourth-order valence-corrected chi connectivity index (χ4v) is 1.97. The maximum Gasteiger partial charge on any atom is 0.231 e. The van der Waals surface area contributed by atoms with Crippen LogP contribution in [0.2, 0.25) is 0 Å². The predicted molar refractivity (Wildman–Crippen MR) is 80.4 cm³/mol. The molecule has 1 aromatic heterocycles. The van der Waals surface area contributed by atoms with Crippen molar-refractivity contribution < 1.29 is 4.74 Å². The second-order valence-corrected chi connectivity index (χ2v) is 5.59. The summed E-state index contributed by atoms with van der Waals surface area (Å²) in [6.45, 7) is 6.52. The lowest BCUT2D eigenvalue weighted by Crippen LogP contribution is -2.36. The first-order chi connectivity index (χ1) is 9.52. The number of hydrogen-bond donors (Lipinski definition) is 2. The molecule has 1 atom stereocenters. The normalized spacial score (nSPS) is 21.8. The summed E-state index contributed by atoms with van der Waals surface area (Å²) >= 11 is 0. The van der Waals surface area contributed by atoms with Crippen molar-refractivity contribution in [3.05, 3.63) is 0 Å². The molecule has 112 valence electrons. The summed E-state index contributed by atoms with van der Waals surface area (Å²) in [7, 11) is 3.84. The highest BCUT2D eigenvalue weighted by molar-refractivity contribution is 5.44. The molecule has 0 saturated carbocycles. The van der Waals surface area contributed by atoms with Crippen LogP contribution in [0.15, 0.2) is 0 Å². The van der Waals surface area contributed by atoms with Crippen molar-refractivity contribution in [2.75, 3.05) is 49.4 Å². The van der Waals surface area contributed by atoms with Crippen LogP contribution in [-0.4, -0.2) is 54.3 Å². The third kappa shape index (κ3) is 3.69. The SMILES string of the molecule is CCCNc1nc(NC2(C)CCOC2)nc(N(C)C)n1. The maximum absolute atomic E-state index is 5.45. The monoisotopic (exact) mass is 280 g/mol. The van der Waals surface area contributed by atoms with Gasteiger partial charge in [0.2, 0.25) is 17.8 Å². The Hall–Kier alpha value is -1.63. The molecule has 0 aliphatic carbocycles. The van der Waals surface area contributed by atoms with Crippen LogP contribution in [0.4, 0.5) is 17.8 Å². The van der Waals surface area contributed by atoms with Gasteiger partial charge in [-0.25, -0.2) is 0 Å². The minimum Gasteiger partial charge on any atom is -0.379 e. The molecule has 20 heavy (non-hydrogen) atoms. The number of nitrogens with zero attached hydrogens (tertiary/aromatic N) is 4. The van der Waals surface area contributed by atoms with Gasteiger partial charge in [0.25, 0.3) is 0 Å². The zero-order chi connectivity index (χ0) is 14.6. The molecule has 1 saturated heterocycles. The second kappa shape index (κ2) is 6.21.